The van der Waals surface area contributed by atoms with Gasteiger partial charge in [-0.25, -0.2) is 0 Å². The number of nitrogens with one attached hydrogen (secondary N) is 2. The Morgan fingerprint density at radius 3 is 2.69 bits per heavy atom. The zero-order valence-electron chi connectivity index (χ0n) is 17.1. The maximum atomic E-state index is 5.54. The van der Waals surface area contributed by atoms with Crippen LogP contribution in [0.5, 0.6) is 0 Å². The number of ether oxygens (including phenoxy) is 2. The molecule has 154 valence electrons. The average molecular weight is 482 g/mol. The Bertz CT molecular complexity index is 416. The number of morpholine rings is 1. The third kappa shape index (κ3) is 7.13. The number of rotatable bonds is 8. The number of nitrogens with zero attached hydrogens (tertiary/aromatic N) is 2. The van der Waals surface area contributed by atoms with Crippen LogP contribution in [0.2, 0.25) is 0 Å². The van der Waals surface area contributed by atoms with Gasteiger partial charge in [-0.1, -0.05) is 12.8 Å². The van der Waals surface area contributed by atoms with E-state index in [1.54, 1.807) is 7.11 Å². The Hall–Kier alpha value is -0.120. The Balaban J connectivity index is 0.00000338. The third-order valence-corrected chi connectivity index (χ3v) is 5.91. The normalized spacial score (nSPS) is 24.8. The monoisotopic (exact) mass is 482 g/mol. The molecule has 1 saturated heterocycles. The number of aliphatic imine (C=N–C) groups is 1. The molecule has 2 unspecified atom stereocenters. The van der Waals surface area contributed by atoms with Crippen molar-refractivity contribution in [3.05, 3.63) is 0 Å². The standard InChI is InChI=1S/C19H38N4O2.HI/c1-16(23-10-12-25-14-17(23)2)13-21-18(20-3)22-15-19(9-11-24-4)7-5-6-8-19;/h16-17H,5-15H2,1-4H3,(H2,20,21,22);1H. The molecular weight excluding hydrogens is 443 g/mol. The van der Waals surface area contributed by atoms with E-state index in [1.807, 2.05) is 7.05 Å². The summed E-state index contributed by atoms with van der Waals surface area (Å²) in [6.45, 7) is 9.92. The molecule has 0 radical (unpaired) electrons. The van der Waals surface area contributed by atoms with Gasteiger partial charge >= 0.3 is 0 Å². The molecule has 1 saturated carbocycles. The molecule has 1 aliphatic heterocycles. The largest absolute Gasteiger partial charge is 0.385 e. The molecule has 2 N–H and O–H groups in total. The topological polar surface area (TPSA) is 58.1 Å². The maximum Gasteiger partial charge on any atom is 0.191 e. The van der Waals surface area contributed by atoms with Gasteiger partial charge in [0.25, 0.3) is 0 Å². The first-order chi connectivity index (χ1) is 12.1. The average Bonchev–Trinajstić information content (AvgIpc) is 3.09. The number of guanidine groups is 1. The lowest BCUT2D eigenvalue weighted by atomic mass is 9.83. The fourth-order valence-electron chi connectivity index (χ4n) is 4.21. The highest BCUT2D eigenvalue weighted by molar-refractivity contribution is 14.0. The molecule has 0 aromatic rings. The molecule has 0 bridgehead atoms. The SMILES string of the molecule is CN=C(NCC(C)N1CCOCC1C)NCC1(CCOC)CCCC1.I. The van der Waals surface area contributed by atoms with Gasteiger partial charge in [-0.2, -0.15) is 0 Å². The fraction of sp³-hybridized carbons (Fsp3) is 0.947. The molecule has 2 atom stereocenters. The van der Waals surface area contributed by atoms with Gasteiger partial charge in [0.05, 0.1) is 13.2 Å². The molecule has 1 aliphatic carbocycles. The fourth-order valence-corrected chi connectivity index (χ4v) is 4.21. The van der Waals surface area contributed by atoms with Crippen molar-refractivity contribution in [1.82, 2.24) is 15.5 Å². The van der Waals surface area contributed by atoms with E-state index in [-0.39, 0.29) is 24.0 Å². The maximum absolute atomic E-state index is 5.54. The molecule has 7 heteroatoms. The molecule has 0 aromatic carbocycles. The molecule has 6 nitrogen and oxygen atoms in total. The van der Waals surface area contributed by atoms with Crippen LogP contribution >= 0.6 is 24.0 Å². The second kappa shape index (κ2) is 12.4. The molecule has 2 fully saturated rings. The second-order valence-electron chi connectivity index (χ2n) is 7.77. The van der Waals surface area contributed by atoms with Crippen LogP contribution in [0.1, 0.15) is 46.0 Å². The lowest BCUT2D eigenvalue weighted by molar-refractivity contribution is -0.0174. The molecular formula is C19H39IN4O2. The van der Waals surface area contributed by atoms with E-state index in [0.29, 0.717) is 17.5 Å². The number of halogens is 1. The Labute approximate surface area is 176 Å². The van der Waals surface area contributed by atoms with E-state index in [4.69, 9.17) is 9.47 Å². The van der Waals surface area contributed by atoms with Crippen molar-refractivity contribution in [1.29, 1.82) is 0 Å². The first-order valence-corrected chi connectivity index (χ1v) is 9.87. The summed E-state index contributed by atoms with van der Waals surface area (Å²) in [4.78, 5) is 6.93. The Morgan fingerprint density at radius 1 is 1.35 bits per heavy atom. The van der Waals surface area contributed by atoms with E-state index in [2.05, 4.69) is 34.4 Å². The van der Waals surface area contributed by atoms with Crippen LogP contribution in [0.4, 0.5) is 0 Å². The lowest BCUT2D eigenvalue weighted by Crippen LogP contribution is -2.53. The molecule has 1 heterocycles. The summed E-state index contributed by atoms with van der Waals surface area (Å²) in [6.07, 6.45) is 6.39. The van der Waals surface area contributed by atoms with E-state index in [0.717, 1.165) is 51.8 Å². The van der Waals surface area contributed by atoms with Gasteiger partial charge in [0.2, 0.25) is 0 Å². The summed E-state index contributed by atoms with van der Waals surface area (Å²) in [7, 11) is 3.65. The van der Waals surface area contributed by atoms with Crippen molar-refractivity contribution in [3.8, 4) is 0 Å². The van der Waals surface area contributed by atoms with Gasteiger partial charge in [0.15, 0.2) is 5.96 Å². The summed E-state index contributed by atoms with van der Waals surface area (Å²) in [5.74, 6) is 0.913. The number of methoxy groups -OCH3 is 1. The first-order valence-electron chi connectivity index (χ1n) is 9.87. The van der Waals surface area contributed by atoms with Crippen molar-refractivity contribution in [2.24, 2.45) is 10.4 Å². The highest BCUT2D eigenvalue weighted by atomic mass is 127. The lowest BCUT2D eigenvalue weighted by Gasteiger charge is -2.38. The van der Waals surface area contributed by atoms with Crippen LogP contribution in [0.25, 0.3) is 0 Å². The van der Waals surface area contributed by atoms with Crippen LogP contribution in [-0.2, 0) is 9.47 Å². The van der Waals surface area contributed by atoms with Crippen LogP contribution in [-0.4, -0.2) is 76.6 Å². The van der Waals surface area contributed by atoms with Gasteiger partial charge in [0, 0.05) is 52.5 Å². The van der Waals surface area contributed by atoms with Gasteiger partial charge in [0.1, 0.15) is 0 Å². The van der Waals surface area contributed by atoms with Crippen molar-refractivity contribution in [2.45, 2.75) is 58.0 Å². The summed E-state index contributed by atoms with van der Waals surface area (Å²) in [5, 5.41) is 7.08. The summed E-state index contributed by atoms with van der Waals surface area (Å²) in [6, 6.07) is 0.947. The molecule has 0 spiro atoms. The number of hydrogen-bond acceptors (Lipinski definition) is 4. The Kier molecular flexibility index (Phi) is 11.4. The third-order valence-electron chi connectivity index (χ3n) is 5.91. The predicted octanol–water partition coefficient (Wildman–Crippen LogP) is 2.48. The summed E-state index contributed by atoms with van der Waals surface area (Å²) < 4.78 is 10.9. The van der Waals surface area contributed by atoms with Gasteiger partial charge < -0.3 is 20.1 Å². The molecule has 0 aromatic heterocycles. The van der Waals surface area contributed by atoms with Gasteiger partial charge in [-0.15, -0.1) is 24.0 Å². The minimum Gasteiger partial charge on any atom is -0.385 e. The molecule has 2 aliphatic rings. The second-order valence-corrected chi connectivity index (χ2v) is 7.77. The van der Waals surface area contributed by atoms with Crippen molar-refractivity contribution in [2.75, 3.05) is 53.6 Å². The minimum atomic E-state index is 0. The van der Waals surface area contributed by atoms with Crippen LogP contribution in [0.15, 0.2) is 4.99 Å². The van der Waals surface area contributed by atoms with E-state index in [9.17, 15) is 0 Å². The zero-order valence-corrected chi connectivity index (χ0v) is 19.4. The molecule has 0 amide bonds. The van der Waals surface area contributed by atoms with E-state index >= 15 is 0 Å². The molecule has 26 heavy (non-hydrogen) atoms. The smallest absolute Gasteiger partial charge is 0.191 e. The highest BCUT2D eigenvalue weighted by Gasteiger charge is 2.33. The predicted molar refractivity (Wildman–Crippen MR) is 119 cm³/mol. The first kappa shape index (κ1) is 23.9. The van der Waals surface area contributed by atoms with Crippen molar-refractivity contribution >= 4 is 29.9 Å². The minimum absolute atomic E-state index is 0. The van der Waals surface area contributed by atoms with Gasteiger partial charge in [-0.05, 0) is 38.5 Å². The van der Waals surface area contributed by atoms with Crippen molar-refractivity contribution in [3.63, 3.8) is 0 Å². The van der Waals surface area contributed by atoms with Crippen LogP contribution in [0, 0.1) is 5.41 Å². The van der Waals surface area contributed by atoms with Crippen LogP contribution in [0.3, 0.4) is 0 Å². The quantitative estimate of drug-likeness (QED) is 0.316. The van der Waals surface area contributed by atoms with Crippen LogP contribution < -0.4 is 10.6 Å². The van der Waals surface area contributed by atoms with Crippen molar-refractivity contribution < 1.29 is 9.47 Å². The highest BCUT2D eigenvalue weighted by Crippen LogP contribution is 2.40. The molecule has 2 rings (SSSR count). The van der Waals surface area contributed by atoms with E-state index < -0.39 is 0 Å². The number of hydrogen-bond donors (Lipinski definition) is 2. The summed E-state index contributed by atoms with van der Waals surface area (Å²) in [5.41, 5.74) is 0.373. The zero-order chi connectivity index (χ0) is 18.1. The summed E-state index contributed by atoms with van der Waals surface area (Å²) >= 11 is 0. The van der Waals surface area contributed by atoms with Gasteiger partial charge in [-0.3, -0.25) is 9.89 Å². The Morgan fingerprint density at radius 2 is 2.08 bits per heavy atom. The van der Waals surface area contributed by atoms with E-state index in [1.165, 1.54) is 25.7 Å².